The Labute approximate surface area is 119 Å². The highest BCUT2D eigenvalue weighted by molar-refractivity contribution is 7.86. The van der Waals surface area contributed by atoms with Crippen LogP contribution in [0.2, 0.25) is 0 Å². The summed E-state index contributed by atoms with van der Waals surface area (Å²) >= 11 is 0. The third-order valence-electron chi connectivity index (χ3n) is 3.38. The maximum atomic E-state index is 11.7. The molecule has 0 fully saturated rings. The fraction of sp³-hybridized carbons (Fsp3) is 0.400. The Morgan fingerprint density at radius 2 is 1.95 bits per heavy atom. The van der Waals surface area contributed by atoms with Gasteiger partial charge in [0, 0.05) is 11.1 Å². The minimum atomic E-state index is -4.13. The Kier molecular flexibility index (Phi) is 4.11. The molecule has 0 saturated carbocycles. The molecule has 0 aliphatic carbocycles. The second-order valence-electron chi connectivity index (χ2n) is 5.17. The summed E-state index contributed by atoms with van der Waals surface area (Å²) in [5.74, 6) is 0. The first kappa shape index (κ1) is 14.9. The summed E-state index contributed by atoms with van der Waals surface area (Å²) in [6.45, 7) is 5.68. The Bertz CT molecular complexity index is 738. The Balaban J connectivity index is 2.76. The van der Waals surface area contributed by atoms with Crippen molar-refractivity contribution in [3.05, 3.63) is 41.1 Å². The van der Waals surface area contributed by atoms with Crippen molar-refractivity contribution >= 4 is 21.0 Å². The van der Waals surface area contributed by atoms with Gasteiger partial charge in [0.05, 0.1) is 5.52 Å². The quantitative estimate of drug-likeness (QED) is 0.875. The lowest BCUT2D eigenvalue weighted by Gasteiger charge is -2.16. The number of hydrogen-bond acceptors (Lipinski definition) is 3. The van der Waals surface area contributed by atoms with Gasteiger partial charge >= 0.3 is 0 Å². The number of pyridine rings is 1. The van der Waals surface area contributed by atoms with Crippen LogP contribution in [0.5, 0.6) is 0 Å². The van der Waals surface area contributed by atoms with E-state index in [1.165, 1.54) is 0 Å². The predicted octanol–water partition coefficient (Wildman–Crippen LogP) is 3.58. The zero-order chi connectivity index (χ0) is 14.9. The van der Waals surface area contributed by atoms with Crippen LogP contribution in [0.1, 0.15) is 41.8 Å². The molecular weight excluding hydrogens is 274 g/mol. The van der Waals surface area contributed by atoms with E-state index in [2.05, 4.69) is 4.98 Å². The standard InChI is InChI=1S/C15H19NO3S/c1-4-5-15(20(17,18)19)13-9-11(3)16-14-7-6-10(2)8-12(13)14/h6-9,15H,4-5H2,1-3H3,(H,17,18,19). The number of nitrogens with zero attached hydrogens (tertiary/aromatic N) is 1. The molecule has 1 unspecified atom stereocenters. The Hall–Kier alpha value is -1.46. The third kappa shape index (κ3) is 2.99. The molecule has 0 bridgehead atoms. The summed E-state index contributed by atoms with van der Waals surface area (Å²) in [5, 5.41) is -0.0924. The van der Waals surface area contributed by atoms with Crippen molar-refractivity contribution in [1.29, 1.82) is 0 Å². The molecule has 0 aliphatic heterocycles. The summed E-state index contributed by atoms with van der Waals surface area (Å²) < 4.78 is 32.9. The van der Waals surface area contributed by atoms with Crippen LogP contribution in [0, 0.1) is 13.8 Å². The lowest BCUT2D eigenvalue weighted by atomic mass is 10.0. The van der Waals surface area contributed by atoms with E-state index in [9.17, 15) is 13.0 Å². The number of hydrogen-bond donors (Lipinski definition) is 1. The average Bonchev–Trinajstić information content (AvgIpc) is 2.34. The molecule has 5 heteroatoms. The van der Waals surface area contributed by atoms with Crippen molar-refractivity contribution < 1.29 is 13.0 Å². The Morgan fingerprint density at radius 1 is 1.25 bits per heavy atom. The molecule has 1 atom stereocenters. The van der Waals surface area contributed by atoms with Gasteiger partial charge in [0.25, 0.3) is 10.1 Å². The first-order chi connectivity index (χ1) is 9.32. The first-order valence-corrected chi connectivity index (χ1v) is 8.17. The van der Waals surface area contributed by atoms with Crippen LogP contribution < -0.4 is 0 Å². The van der Waals surface area contributed by atoms with E-state index < -0.39 is 15.4 Å². The van der Waals surface area contributed by atoms with Gasteiger partial charge in [-0.05, 0) is 44.0 Å². The van der Waals surface area contributed by atoms with E-state index in [0.717, 1.165) is 22.2 Å². The van der Waals surface area contributed by atoms with Crippen LogP contribution >= 0.6 is 0 Å². The van der Waals surface area contributed by atoms with Gasteiger partial charge in [-0.2, -0.15) is 8.42 Å². The van der Waals surface area contributed by atoms with Crippen molar-refractivity contribution in [3.63, 3.8) is 0 Å². The van der Waals surface area contributed by atoms with E-state index >= 15 is 0 Å². The normalized spacial score (nSPS) is 13.6. The predicted molar refractivity (Wildman–Crippen MR) is 80.4 cm³/mol. The minimum Gasteiger partial charge on any atom is -0.285 e. The fourth-order valence-electron chi connectivity index (χ4n) is 2.50. The van der Waals surface area contributed by atoms with Crippen molar-refractivity contribution in [2.75, 3.05) is 0 Å². The molecule has 4 nitrogen and oxygen atoms in total. The van der Waals surface area contributed by atoms with Crippen molar-refractivity contribution in [1.82, 2.24) is 4.98 Å². The van der Waals surface area contributed by atoms with E-state index in [-0.39, 0.29) is 0 Å². The van der Waals surface area contributed by atoms with Gasteiger partial charge in [0.2, 0.25) is 0 Å². The lowest BCUT2D eigenvalue weighted by molar-refractivity contribution is 0.463. The molecule has 1 aromatic heterocycles. The summed E-state index contributed by atoms with van der Waals surface area (Å²) in [4.78, 5) is 4.43. The highest BCUT2D eigenvalue weighted by Crippen LogP contribution is 2.32. The van der Waals surface area contributed by atoms with Gasteiger partial charge in [-0.3, -0.25) is 9.54 Å². The molecule has 0 amide bonds. The molecular formula is C15H19NO3S. The van der Waals surface area contributed by atoms with Gasteiger partial charge in [-0.1, -0.05) is 25.0 Å². The molecule has 108 valence electrons. The van der Waals surface area contributed by atoms with Crippen LogP contribution in [-0.2, 0) is 10.1 Å². The van der Waals surface area contributed by atoms with Gasteiger partial charge in [-0.15, -0.1) is 0 Å². The summed E-state index contributed by atoms with van der Waals surface area (Å²) in [6.07, 6.45) is 1.07. The molecule has 20 heavy (non-hydrogen) atoms. The van der Waals surface area contributed by atoms with Crippen LogP contribution in [0.4, 0.5) is 0 Å². The molecule has 1 heterocycles. The first-order valence-electron chi connectivity index (χ1n) is 6.67. The van der Waals surface area contributed by atoms with Gasteiger partial charge in [-0.25, -0.2) is 0 Å². The molecule has 1 aromatic carbocycles. The van der Waals surface area contributed by atoms with Gasteiger partial charge < -0.3 is 0 Å². The molecule has 2 aromatic rings. The van der Waals surface area contributed by atoms with Crippen LogP contribution in [0.3, 0.4) is 0 Å². The topological polar surface area (TPSA) is 67.3 Å². The molecule has 0 spiro atoms. The monoisotopic (exact) mass is 293 g/mol. The number of aromatic nitrogens is 1. The third-order valence-corrected chi connectivity index (χ3v) is 4.59. The zero-order valence-electron chi connectivity index (χ0n) is 11.9. The smallest absolute Gasteiger partial charge is 0.272 e. The van der Waals surface area contributed by atoms with E-state index in [1.54, 1.807) is 6.07 Å². The van der Waals surface area contributed by atoms with Crippen LogP contribution in [-0.4, -0.2) is 18.0 Å². The largest absolute Gasteiger partial charge is 0.285 e. The van der Waals surface area contributed by atoms with Crippen LogP contribution in [0.15, 0.2) is 24.3 Å². The number of fused-ring (bicyclic) bond motifs is 1. The second kappa shape index (κ2) is 5.50. The molecule has 2 rings (SSSR count). The zero-order valence-corrected chi connectivity index (χ0v) is 12.7. The molecule has 0 aliphatic rings. The minimum absolute atomic E-state index is 0.394. The van der Waals surface area contributed by atoms with Crippen molar-refractivity contribution in [3.8, 4) is 0 Å². The second-order valence-corrected chi connectivity index (χ2v) is 6.76. The summed E-state index contributed by atoms with van der Waals surface area (Å²) in [6, 6.07) is 7.51. The Morgan fingerprint density at radius 3 is 2.55 bits per heavy atom. The van der Waals surface area contributed by atoms with E-state index in [1.807, 2.05) is 39.0 Å². The fourth-order valence-corrected chi connectivity index (χ4v) is 3.55. The number of benzene rings is 1. The summed E-state index contributed by atoms with van der Waals surface area (Å²) in [5.41, 5.74) is 3.19. The molecule has 0 radical (unpaired) electrons. The highest BCUT2D eigenvalue weighted by Gasteiger charge is 2.26. The van der Waals surface area contributed by atoms with Crippen LogP contribution in [0.25, 0.3) is 10.9 Å². The van der Waals surface area contributed by atoms with E-state index in [0.29, 0.717) is 18.4 Å². The molecule has 1 N–H and O–H groups in total. The van der Waals surface area contributed by atoms with Gasteiger partial charge in [0.15, 0.2) is 0 Å². The molecule has 0 saturated heterocycles. The van der Waals surface area contributed by atoms with E-state index in [4.69, 9.17) is 0 Å². The van der Waals surface area contributed by atoms with Crippen molar-refractivity contribution in [2.24, 2.45) is 0 Å². The SMILES string of the molecule is CCCC(c1cc(C)nc2ccc(C)cc12)S(=O)(=O)O. The lowest BCUT2D eigenvalue weighted by Crippen LogP contribution is -2.13. The number of aryl methyl sites for hydroxylation is 2. The number of rotatable bonds is 4. The van der Waals surface area contributed by atoms with Crippen molar-refractivity contribution in [2.45, 2.75) is 38.9 Å². The highest BCUT2D eigenvalue weighted by atomic mass is 32.2. The maximum Gasteiger partial charge on any atom is 0.272 e. The maximum absolute atomic E-state index is 11.7. The van der Waals surface area contributed by atoms with Gasteiger partial charge in [0.1, 0.15) is 5.25 Å². The summed E-state index contributed by atoms with van der Waals surface area (Å²) in [7, 11) is -4.13. The average molecular weight is 293 g/mol.